The largest absolute Gasteiger partial charge is 0.348 e. The summed E-state index contributed by atoms with van der Waals surface area (Å²) in [5.41, 5.74) is 1.60. The highest BCUT2D eigenvalue weighted by atomic mass is 16.2. The minimum atomic E-state index is -0.0814. The van der Waals surface area contributed by atoms with Crippen molar-refractivity contribution in [3.63, 3.8) is 0 Å². The van der Waals surface area contributed by atoms with Crippen LogP contribution >= 0.6 is 0 Å². The van der Waals surface area contributed by atoms with Gasteiger partial charge in [-0.3, -0.25) is 4.79 Å². The van der Waals surface area contributed by atoms with Gasteiger partial charge in [0.25, 0.3) is 5.56 Å². The number of urea groups is 1. The summed E-state index contributed by atoms with van der Waals surface area (Å²) in [6, 6.07) is 7.60. The molecule has 0 bridgehead atoms. The molecule has 0 unspecified atom stereocenters. The average Bonchev–Trinajstić information content (AvgIpc) is 2.61. The fourth-order valence-electron chi connectivity index (χ4n) is 2.98. The Labute approximate surface area is 134 Å². The standard InChI is InChI=1S/C16H21N5O2/c1-3-21-13-7-5-4-6-12(13)18-14(15(21)22)19-8-10-20(11-9-19)16(23)17-2/h4-7H,3,8-11H2,1-2H3,(H,17,23). The van der Waals surface area contributed by atoms with Crippen LogP contribution in [0.25, 0.3) is 11.0 Å². The van der Waals surface area contributed by atoms with Gasteiger partial charge < -0.3 is 19.7 Å². The van der Waals surface area contributed by atoms with Crippen molar-refractivity contribution in [2.24, 2.45) is 0 Å². The van der Waals surface area contributed by atoms with E-state index in [4.69, 9.17) is 0 Å². The Hall–Kier alpha value is -2.57. The van der Waals surface area contributed by atoms with E-state index in [2.05, 4.69) is 10.3 Å². The second kappa shape index (κ2) is 6.28. The maximum absolute atomic E-state index is 12.8. The first-order valence-electron chi connectivity index (χ1n) is 7.87. The molecule has 2 heterocycles. The highest BCUT2D eigenvalue weighted by Crippen LogP contribution is 2.16. The molecule has 1 saturated heterocycles. The Morgan fingerprint density at radius 2 is 1.91 bits per heavy atom. The van der Waals surface area contributed by atoms with Crippen LogP contribution in [0.15, 0.2) is 29.1 Å². The molecule has 1 N–H and O–H groups in total. The normalized spacial score (nSPS) is 15.0. The van der Waals surface area contributed by atoms with Crippen LogP contribution in [0.1, 0.15) is 6.92 Å². The van der Waals surface area contributed by atoms with E-state index in [-0.39, 0.29) is 11.6 Å². The lowest BCUT2D eigenvalue weighted by molar-refractivity contribution is 0.196. The van der Waals surface area contributed by atoms with Crippen LogP contribution in [0.5, 0.6) is 0 Å². The second-order valence-electron chi connectivity index (χ2n) is 5.50. The predicted octanol–water partition coefficient (Wildman–Crippen LogP) is 0.878. The second-order valence-corrected chi connectivity index (χ2v) is 5.50. The molecule has 0 spiro atoms. The summed E-state index contributed by atoms with van der Waals surface area (Å²) in [5.74, 6) is 0.474. The van der Waals surface area contributed by atoms with Gasteiger partial charge in [0, 0.05) is 39.8 Å². The fraction of sp³-hybridized carbons (Fsp3) is 0.438. The number of carbonyl (C=O) groups excluding carboxylic acids is 1. The molecule has 3 rings (SSSR count). The predicted molar refractivity (Wildman–Crippen MR) is 89.9 cm³/mol. The minimum Gasteiger partial charge on any atom is -0.348 e. The van der Waals surface area contributed by atoms with Crippen LogP contribution in [0.4, 0.5) is 10.6 Å². The van der Waals surface area contributed by atoms with Crippen LogP contribution in [0, 0.1) is 0 Å². The van der Waals surface area contributed by atoms with Gasteiger partial charge in [-0.2, -0.15) is 0 Å². The summed E-state index contributed by atoms with van der Waals surface area (Å²) in [6.45, 7) is 4.95. The number of nitrogens with one attached hydrogen (secondary N) is 1. The van der Waals surface area contributed by atoms with Gasteiger partial charge in [-0.25, -0.2) is 9.78 Å². The zero-order chi connectivity index (χ0) is 16.4. The van der Waals surface area contributed by atoms with Crippen LogP contribution < -0.4 is 15.8 Å². The van der Waals surface area contributed by atoms with Crippen molar-refractivity contribution in [2.75, 3.05) is 38.1 Å². The zero-order valence-corrected chi connectivity index (χ0v) is 13.5. The molecule has 0 aliphatic carbocycles. The molecule has 0 saturated carbocycles. The van der Waals surface area contributed by atoms with Crippen molar-refractivity contribution in [3.8, 4) is 0 Å². The number of fused-ring (bicyclic) bond motifs is 1. The first kappa shape index (κ1) is 15.3. The monoisotopic (exact) mass is 315 g/mol. The summed E-state index contributed by atoms with van der Waals surface area (Å²) in [7, 11) is 1.62. The quantitative estimate of drug-likeness (QED) is 0.893. The van der Waals surface area contributed by atoms with Gasteiger partial charge >= 0.3 is 6.03 Å². The molecule has 1 fully saturated rings. The van der Waals surface area contributed by atoms with E-state index in [9.17, 15) is 9.59 Å². The third-order valence-corrected chi connectivity index (χ3v) is 4.23. The summed E-state index contributed by atoms with van der Waals surface area (Å²) in [4.78, 5) is 32.7. The van der Waals surface area contributed by atoms with E-state index in [1.54, 1.807) is 16.5 Å². The number of benzene rings is 1. The lowest BCUT2D eigenvalue weighted by Crippen LogP contribution is -2.52. The number of rotatable bonds is 2. The maximum Gasteiger partial charge on any atom is 0.317 e. The smallest absolute Gasteiger partial charge is 0.317 e. The molecular formula is C16H21N5O2. The number of amides is 2. The average molecular weight is 315 g/mol. The van der Waals surface area contributed by atoms with Gasteiger partial charge in [0.15, 0.2) is 5.82 Å². The molecule has 0 atom stereocenters. The summed E-state index contributed by atoms with van der Waals surface area (Å²) < 4.78 is 1.75. The molecular weight excluding hydrogens is 294 g/mol. The third-order valence-electron chi connectivity index (χ3n) is 4.23. The Balaban J connectivity index is 1.94. The molecule has 122 valence electrons. The number of carbonyl (C=O) groups is 1. The van der Waals surface area contributed by atoms with E-state index >= 15 is 0 Å². The minimum absolute atomic E-state index is 0.0698. The molecule has 1 aliphatic rings. The van der Waals surface area contributed by atoms with Gasteiger partial charge in [0.1, 0.15) is 0 Å². The summed E-state index contributed by atoms with van der Waals surface area (Å²) >= 11 is 0. The molecule has 7 heteroatoms. The van der Waals surface area contributed by atoms with E-state index in [0.29, 0.717) is 38.5 Å². The summed E-state index contributed by atoms with van der Waals surface area (Å²) in [6.07, 6.45) is 0. The van der Waals surface area contributed by atoms with Crippen molar-refractivity contribution in [2.45, 2.75) is 13.5 Å². The van der Waals surface area contributed by atoms with Gasteiger partial charge in [0.2, 0.25) is 0 Å². The number of nitrogens with zero attached hydrogens (tertiary/aromatic N) is 4. The molecule has 2 aromatic rings. The number of hydrogen-bond acceptors (Lipinski definition) is 4. The van der Waals surface area contributed by atoms with Crippen LogP contribution in [0.2, 0.25) is 0 Å². The first-order valence-corrected chi connectivity index (χ1v) is 7.87. The highest BCUT2D eigenvalue weighted by molar-refractivity contribution is 5.76. The molecule has 7 nitrogen and oxygen atoms in total. The Bertz CT molecular complexity index is 778. The molecule has 1 aromatic heterocycles. The lowest BCUT2D eigenvalue weighted by atomic mass is 10.2. The van der Waals surface area contributed by atoms with E-state index in [1.807, 2.05) is 36.1 Å². The van der Waals surface area contributed by atoms with Crippen molar-refractivity contribution in [1.29, 1.82) is 0 Å². The van der Waals surface area contributed by atoms with Crippen LogP contribution in [-0.4, -0.2) is 53.7 Å². The topological polar surface area (TPSA) is 70.5 Å². The fourth-order valence-corrected chi connectivity index (χ4v) is 2.98. The number of hydrogen-bond donors (Lipinski definition) is 1. The Morgan fingerprint density at radius 1 is 1.22 bits per heavy atom. The number of aryl methyl sites for hydroxylation is 1. The number of aromatic nitrogens is 2. The van der Waals surface area contributed by atoms with E-state index in [0.717, 1.165) is 11.0 Å². The Kier molecular flexibility index (Phi) is 4.18. The number of para-hydroxylation sites is 2. The van der Waals surface area contributed by atoms with E-state index in [1.165, 1.54) is 0 Å². The van der Waals surface area contributed by atoms with Crippen LogP contribution in [-0.2, 0) is 6.54 Å². The zero-order valence-electron chi connectivity index (χ0n) is 13.5. The van der Waals surface area contributed by atoms with Crippen molar-refractivity contribution in [1.82, 2.24) is 19.8 Å². The van der Waals surface area contributed by atoms with Crippen molar-refractivity contribution >= 4 is 22.9 Å². The summed E-state index contributed by atoms with van der Waals surface area (Å²) in [5, 5.41) is 2.63. The van der Waals surface area contributed by atoms with Gasteiger partial charge in [-0.05, 0) is 19.1 Å². The molecule has 1 aromatic carbocycles. The van der Waals surface area contributed by atoms with Gasteiger partial charge in [0.05, 0.1) is 11.0 Å². The van der Waals surface area contributed by atoms with Crippen molar-refractivity contribution < 1.29 is 4.79 Å². The molecule has 1 aliphatic heterocycles. The third kappa shape index (κ3) is 2.74. The Morgan fingerprint density at radius 3 is 2.57 bits per heavy atom. The van der Waals surface area contributed by atoms with Crippen molar-refractivity contribution in [3.05, 3.63) is 34.6 Å². The van der Waals surface area contributed by atoms with Crippen LogP contribution in [0.3, 0.4) is 0 Å². The highest BCUT2D eigenvalue weighted by Gasteiger charge is 2.23. The SMILES string of the molecule is CCn1c(=O)c(N2CCN(C(=O)NC)CC2)nc2ccccc21. The van der Waals surface area contributed by atoms with Gasteiger partial charge in [-0.1, -0.05) is 12.1 Å². The number of anilines is 1. The lowest BCUT2D eigenvalue weighted by Gasteiger charge is -2.34. The maximum atomic E-state index is 12.8. The molecule has 0 radical (unpaired) electrons. The van der Waals surface area contributed by atoms with E-state index < -0.39 is 0 Å². The number of piperazine rings is 1. The molecule has 2 amide bonds. The van der Waals surface area contributed by atoms with Gasteiger partial charge in [-0.15, -0.1) is 0 Å². The first-order chi connectivity index (χ1) is 11.2. The molecule has 23 heavy (non-hydrogen) atoms.